The summed E-state index contributed by atoms with van der Waals surface area (Å²) in [5, 5.41) is 0. The number of carbonyl (C=O) groups excluding carboxylic acids is 1. The fraction of sp³-hybridized carbons (Fsp3) is 0.462. The van der Waals surface area contributed by atoms with Gasteiger partial charge in [-0.05, 0) is 19.8 Å². The van der Waals surface area contributed by atoms with E-state index in [4.69, 9.17) is 11.5 Å². The Morgan fingerprint density at radius 2 is 2.35 bits per heavy atom. The molecule has 106 valence electrons. The minimum Gasteiger partial charge on any atom is -0.365 e. The molecule has 1 saturated heterocycles. The van der Waals surface area contributed by atoms with Crippen LogP contribution in [0.5, 0.6) is 0 Å². The van der Waals surface area contributed by atoms with Crippen molar-refractivity contribution in [2.45, 2.75) is 25.8 Å². The second-order valence-corrected chi connectivity index (χ2v) is 5.25. The molecule has 0 aliphatic carbocycles. The van der Waals surface area contributed by atoms with Crippen LogP contribution in [0.25, 0.3) is 11.0 Å². The summed E-state index contributed by atoms with van der Waals surface area (Å²) >= 11 is 0. The van der Waals surface area contributed by atoms with Crippen LogP contribution in [0.15, 0.2) is 6.20 Å². The lowest BCUT2D eigenvalue weighted by molar-refractivity contribution is 0.100. The number of imidazole rings is 1. The molecule has 7 nitrogen and oxygen atoms in total. The quantitative estimate of drug-likeness (QED) is 0.728. The monoisotopic (exact) mass is 274 g/mol. The van der Waals surface area contributed by atoms with Gasteiger partial charge >= 0.3 is 0 Å². The molecule has 0 bridgehead atoms. The minimum absolute atomic E-state index is 0.153. The van der Waals surface area contributed by atoms with Crippen LogP contribution in [0.2, 0.25) is 0 Å². The van der Waals surface area contributed by atoms with E-state index in [0.29, 0.717) is 11.1 Å². The Bertz CT molecular complexity index is 664. The standard InChI is InChI=1S/C13H18N6O/c1-7-17-10-9(12(15)20)5-16-13(11(10)18-7)19-4-2-3-8(14)6-19/h5,8H,2-4,6,14H2,1H3,(H2,15,20)(H,17,18)/t8-/m0/s1. The third-order valence-electron chi connectivity index (χ3n) is 3.64. The first-order valence-corrected chi connectivity index (χ1v) is 6.72. The minimum atomic E-state index is -0.518. The van der Waals surface area contributed by atoms with E-state index in [1.807, 2.05) is 6.92 Å². The third-order valence-corrected chi connectivity index (χ3v) is 3.64. The van der Waals surface area contributed by atoms with Crippen molar-refractivity contribution in [3.05, 3.63) is 17.6 Å². The summed E-state index contributed by atoms with van der Waals surface area (Å²) < 4.78 is 0. The average molecular weight is 274 g/mol. The number of nitrogens with zero attached hydrogens (tertiary/aromatic N) is 3. The van der Waals surface area contributed by atoms with Crippen LogP contribution >= 0.6 is 0 Å². The average Bonchev–Trinajstić information content (AvgIpc) is 2.78. The summed E-state index contributed by atoms with van der Waals surface area (Å²) in [7, 11) is 0. The number of hydrogen-bond donors (Lipinski definition) is 3. The summed E-state index contributed by atoms with van der Waals surface area (Å²) in [5.41, 5.74) is 13.1. The van der Waals surface area contributed by atoms with Gasteiger partial charge in [0.15, 0.2) is 5.82 Å². The maximum atomic E-state index is 11.5. The molecule has 1 fully saturated rings. The van der Waals surface area contributed by atoms with Crippen molar-refractivity contribution in [3.63, 3.8) is 0 Å². The fourth-order valence-electron chi connectivity index (χ4n) is 2.72. The SMILES string of the molecule is Cc1nc2c(C(N)=O)cnc(N3CCC[C@H](N)C3)c2[nH]1. The lowest BCUT2D eigenvalue weighted by Gasteiger charge is -2.31. The molecular formula is C13H18N6O. The number of amides is 1. The molecule has 1 aliphatic rings. The number of aryl methyl sites for hydroxylation is 1. The van der Waals surface area contributed by atoms with E-state index in [9.17, 15) is 4.79 Å². The first-order valence-electron chi connectivity index (χ1n) is 6.72. The van der Waals surface area contributed by atoms with Gasteiger partial charge in [-0.1, -0.05) is 0 Å². The zero-order valence-electron chi connectivity index (χ0n) is 11.4. The lowest BCUT2D eigenvalue weighted by atomic mass is 10.1. The van der Waals surface area contributed by atoms with Gasteiger partial charge in [-0.2, -0.15) is 0 Å². The number of carbonyl (C=O) groups is 1. The molecule has 1 atom stereocenters. The van der Waals surface area contributed by atoms with Gasteiger partial charge in [-0.25, -0.2) is 9.97 Å². The number of pyridine rings is 1. The van der Waals surface area contributed by atoms with Crippen molar-refractivity contribution >= 4 is 22.8 Å². The first kappa shape index (κ1) is 12.9. The molecule has 2 aromatic heterocycles. The summed E-state index contributed by atoms with van der Waals surface area (Å²) in [5.74, 6) is 1.01. The topological polar surface area (TPSA) is 114 Å². The molecule has 0 spiro atoms. The van der Waals surface area contributed by atoms with Crippen LogP contribution in [0.1, 0.15) is 29.0 Å². The number of fused-ring (bicyclic) bond motifs is 1. The molecule has 0 saturated carbocycles. The highest BCUT2D eigenvalue weighted by Crippen LogP contribution is 2.27. The van der Waals surface area contributed by atoms with Crippen molar-refractivity contribution in [2.24, 2.45) is 11.5 Å². The molecule has 1 amide bonds. The van der Waals surface area contributed by atoms with E-state index in [1.54, 1.807) is 0 Å². The summed E-state index contributed by atoms with van der Waals surface area (Å²) in [6.45, 7) is 3.51. The Morgan fingerprint density at radius 3 is 3.05 bits per heavy atom. The summed E-state index contributed by atoms with van der Waals surface area (Å²) in [4.78, 5) is 25.5. The molecule has 2 aromatic rings. The van der Waals surface area contributed by atoms with Crippen molar-refractivity contribution in [2.75, 3.05) is 18.0 Å². The van der Waals surface area contributed by atoms with E-state index in [2.05, 4.69) is 19.9 Å². The van der Waals surface area contributed by atoms with E-state index >= 15 is 0 Å². The Morgan fingerprint density at radius 1 is 1.55 bits per heavy atom. The molecule has 0 aromatic carbocycles. The predicted molar refractivity (Wildman–Crippen MR) is 76.6 cm³/mol. The molecule has 0 unspecified atom stereocenters. The fourth-order valence-corrected chi connectivity index (χ4v) is 2.72. The molecule has 0 radical (unpaired) electrons. The largest absolute Gasteiger partial charge is 0.365 e. The summed E-state index contributed by atoms with van der Waals surface area (Å²) in [6.07, 6.45) is 3.57. The van der Waals surface area contributed by atoms with Crippen LogP contribution < -0.4 is 16.4 Å². The molecular weight excluding hydrogens is 256 g/mol. The van der Waals surface area contributed by atoms with Crippen molar-refractivity contribution in [1.29, 1.82) is 0 Å². The number of nitrogens with two attached hydrogens (primary N) is 2. The van der Waals surface area contributed by atoms with Gasteiger partial charge in [0.1, 0.15) is 16.9 Å². The van der Waals surface area contributed by atoms with E-state index in [1.165, 1.54) is 6.20 Å². The van der Waals surface area contributed by atoms with Gasteiger partial charge in [0.05, 0.1) is 5.56 Å². The number of primary amides is 1. The second kappa shape index (κ2) is 4.75. The predicted octanol–water partition coefficient (Wildman–Crippen LogP) is 0.293. The van der Waals surface area contributed by atoms with Gasteiger partial charge in [-0.15, -0.1) is 0 Å². The van der Waals surface area contributed by atoms with Gasteiger partial charge < -0.3 is 21.4 Å². The zero-order chi connectivity index (χ0) is 14.3. The van der Waals surface area contributed by atoms with Gasteiger partial charge in [0.25, 0.3) is 5.91 Å². The maximum absolute atomic E-state index is 11.5. The van der Waals surface area contributed by atoms with Crippen LogP contribution in [-0.2, 0) is 0 Å². The number of anilines is 1. The number of hydrogen-bond acceptors (Lipinski definition) is 5. The molecule has 5 N–H and O–H groups in total. The highest BCUT2D eigenvalue weighted by Gasteiger charge is 2.23. The van der Waals surface area contributed by atoms with Crippen LogP contribution in [-0.4, -0.2) is 40.0 Å². The maximum Gasteiger partial charge on any atom is 0.252 e. The third kappa shape index (κ3) is 2.09. The Labute approximate surface area is 116 Å². The smallest absolute Gasteiger partial charge is 0.252 e. The highest BCUT2D eigenvalue weighted by molar-refractivity contribution is 6.06. The number of H-pyrrole nitrogens is 1. The van der Waals surface area contributed by atoms with Gasteiger partial charge in [0, 0.05) is 25.3 Å². The molecule has 1 aliphatic heterocycles. The van der Waals surface area contributed by atoms with Crippen molar-refractivity contribution < 1.29 is 4.79 Å². The zero-order valence-corrected chi connectivity index (χ0v) is 11.4. The van der Waals surface area contributed by atoms with Crippen LogP contribution in [0.3, 0.4) is 0 Å². The second-order valence-electron chi connectivity index (χ2n) is 5.25. The Balaban J connectivity index is 2.12. The number of aromatic amines is 1. The van der Waals surface area contributed by atoms with E-state index in [0.717, 1.165) is 43.1 Å². The number of piperidine rings is 1. The van der Waals surface area contributed by atoms with Crippen LogP contribution in [0.4, 0.5) is 5.82 Å². The lowest BCUT2D eigenvalue weighted by Crippen LogP contribution is -2.43. The number of aromatic nitrogens is 3. The number of nitrogens with one attached hydrogen (secondary N) is 1. The van der Waals surface area contributed by atoms with Gasteiger partial charge in [0.2, 0.25) is 0 Å². The summed E-state index contributed by atoms with van der Waals surface area (Å²) in [6, 6.07) is 0.153. The van der Waals surface area contributed by atoms with Gasteiger partial charge in [-0.3, -0.25) is 4.79 Å². The Kier molecular flexibility index (Phi) is 3.06. The van der Waals surface area contributed by atoms with E-state index < -0.39 is 5.91 Å². The van der Waals surface area contributed by atoms with E-state index in [-0.39, 0.29) is 6.04 Å². The normalized spacial score (nSPS) is 19.5. The van der Waals surface area contributed by atoms with Crippen molar-refractivity contribution in [1.82, 2.24) is 15.0 Å². The van der Waals surface area contributed by atoms with Crippen molar-refractivity contribution in [3.8, 4) is 0 Å². The number of rotatable bonds is 2. The molecule has 20 heavy (non-hydrogen) atoms. The molecule has 7 heteroatoms. The Hall–Kier alpha value is -2.15. The molecule has 3 heterocycles. The highest BCUT2D eigenvalue weighted by atomic mass is 16.1. The van der Waals surface area contributed by atoms with Crippen LogP contribution in [0, 0.1) is 6.92 Å². The first-order chi connectivity index (χ1) is 9.56. The molecule has 3 rings (SSSR count).